The fourth-order valence-corrected chi connectivity index (χ4v) is 4.47. The summed E-state index contributed by atoms with van der Waals surface area (Å²) in [6.07, 6.45) is 0. The number of aromatic nitrogens is 3. The summed E-state index contributed by atoms with van der Waals surface area (Å²) in [6.45, 7) is 14.6. The molecule has 0 aliphatic carbocycles. The Bertz CT molecular complexity index is 993. The van der Waals surface area contributed by atoms with Crippen molar-refractivity contribution >= 4 is 32.6 Å². The van der Waals surface area contributed by atoms with E-state index in [2.05, 4.69) is 23.8 Å². The van der Waals surface area contributed by atoms with Gasteiger partial charge in [0, 0.05) is 19.6 Å². The monoisotopic (exact) mass is 429 g/mol. The van der Waals surface area contributed by atoms with Crippen LogP contribution in [0, 0.1) is 6.92 Å². The van der Waals surface area contributed by atoms with E-state index in [0.29, 0.717) is 30.5 Å². The molecule has 0 fully saturated rings. The van der Waals surface area contributed by atoms with Crippen molar-refractivity contribution in [3.8, 4) is 5.75 Å². The smallest absolute Gasteiger partial charge is 0.278 e. The molecule has 0 radical (unpaired) electrons. The first-order valence-corrected chi connectivity index (χ1v) is 11.4. The molecule has 7 nitrogen and oxygen atoms in total. The van der Waals surface area contributed by atoms with E-state index >= 15 is 0 Å². The minimum Gasteiger partial charge on any atom is -0.492 e. The van der Waals surface area contributed by atoms with Crippen molar-refractivity contribution in [3.63, 3.8) is 0 Å². The number of para-hydroxylation sites is 1. The van der Waals surface area contributed by atoms with Crippen LogP contribution in [0.15, 0.2) is 24.3 Å². The van der Waals surface area contributed by atoms with Crippen molar-refractivity contribution in [2.24, 2.45) is 0 Å². The van der Waals surface area contributed by atoms with Crippen LogP contribution in [0.4, 0.5) is 5.13 Å². The second kappa shape index (κ2) is 10.0. The van der Waals surface area contributed by atoms with Gasteiger partial charge in [-0.2, -0.15) is 5.10 Å². The minimum absolute atomic E-state index is 0.0679. The van der Waals surface area contributed by atoms with E-state index in [9.17, 15) is 4.79 Å². The number of hydrogen-bond acceptors (Lipinski definition) is 6. The van der Waals surface area contributed by atoms with Crippen molar-refractivity contribution in [3.05, 3.63) is 35.7 Å². The molecule has 0 unspecified atom stereocenters. The summed E-state index contributed by atoms with van der Waals surface area (Å²) in [4.78, 5) is 22.5. The SMILES string of the molecule is CCOc1cccc2sc(N(CCN(CC)CC)C(=O)c3cc(C)nn3CC)nc12. The van der Waals surface area contributed by atoms with E-state index in [0.717, 1.165) is 41.3 Å². The number of anilines is 1. The number of nitrogens with zero attached hydrogens (tertiary/aromatic N) is 5. The Morgan fingerprint density at radius 3 is 2.60 bits per heavy atom. The molecular formula is C22H31N5O2S. The van der Waals surface area contributed by atoms with Crippen LogP contribution in [0.1, 0.15) is 43.9 Å². The number of thiazole rings is 1. The first-order valence-electron chi connectivity index (χ1n) is 10.6. The zero-order valence-corrected chi connectivity index (χ0v) is 19.3. The molecule has 162 valence electrons. The van der Waals surface area contributed by atoms with Crippen LogP contribution in [0.2, 0.25) is 0 Å². The van der Waals surface area contributed by atoms with Gasteiger partial charge in [0.2, 0.25) is 0 Å². The summed E-state index contributed by atoms with van der Waals surface area (Å²) in [5.41, 5.74) is 2.24. The average molecular weight is 430 g/mol. The molecule has 3 aromatic rings. The standard InChI is InChI=1S/C22H31N5O2S/c1-6-25(7-2)13-14-26(21(28)17-15-16(5)24-27(17)8-3)22-23-20-18(29-9-4)11-10-12-19(20)30-22/h10-12,15H,6-9,13-14H2,1-5H3. The lowest BCUT2D eigenvalue weighted by Gasteiger charge is -2.24. The molecule has 0 N–H and O–H groups in total. The third kappa shape index (κ3) is 4.65. The van der Waals surface area contributed by atoms with Gasteiger partial charge in [0.25, 0.3) is 5.91 Å². The summed E-state index contributed by atoms with van der Waals surface area (Å²) in [6, 6.07) is 7.77. The summed E-state index contributed by atoms with van der Waals surface area (Å²) in [7, 11) is 0. The first-order chi connectivity index (χ1) is 14.5. The number of fused-ring (bicyclic) bond motifs is 1. The molecule has 0 saturated heterocycles. The molecule has 2 aromatic heterocycles. The second-order valence-electron chi connectivity index (χ2n) is 7.00. The fourth-order valence-electron chi connectivity index (χ4n) is 3.46. The van der Waals surface area contributed by atoms with Crippen molar-refractivity contribution in [2.45, 2.75) is 41.2 Å². The Morgan fingerprint density at radius 1 is 1.17 bits per heavy atom. The molecule has 0 saturated carbocycles. The molecule has 0 aliphatic heterocycles. The van der Waals surface area contributed by atoms with Gasteiger partial charge in [0.1, 0.15) is 17.0 Å². The number of carbonyl (C=O) groups excluding carboxylic acids is 1. The Morgan fingerprint density at radius 2 is 1.93 bits per heavy atom. The molecule has 0 atom stereocenters. The number of aryl methyl sites for hydroxylation is 2. The predicted molar refractivity (Wildman–Crippen MR) is 123 cm³/mol. The maximum Gasteiger partial charge on any atom is 0.278 e. The van der Waals surface area contributed by atoms with E-state index in [1.807, 2.05) is 45.0 Å². The van der Waals surface area contributed by atoms with Gasteiger partial charge in [-0.25, -0.2) is 4.98 Å². The highest BCUT2D eigenvalue weighted by Crippen LogP contribution is 2.34. The third-order valence-corrected chi connectivity index (χ3v) is 6.15. The average Bonchev–Trinajstić information content (AvgIpc) is 3.35. The fraction of sp³-hybridized carbons (Fsp3) is 0.500. The molecular weight excluding hydrogens is 398 g/mol. The number of benzene rings is 1. The largest absolute Gasteiger partial charge is 0.492 e. The van der Waals surface area contributed by atoms with Gasteiger partial charge in [0.05, 0.1) is 17.0 Å². The highest BCUT2D eigenvalue weighted by atomic mass is 32.1. The summed E-state index contributed by atoms with van der Waals surface area (Å²) in [5.74, 6) is 0.685. The predicted octanol–water partition coefficient (Wildman–Crippen LogP) is 4.21. The second-order valence-corrected chi connectivity index (χ2v) is 8.01. The Kier molecular flexibility index (Phi) is 7.44. The lowest BCUT2D eigenvalue weighted by molar-refractivity contribution is 0.0973. The van der Waals surface area contributed by atoms with Crippen LogP contribution >= 0.6 is 11.3 Å². The van der Waals surface area contributed by atoms with Gasteiger partial charge in [-0.05, 0) is 52.1 Å². The summed E-state index contributed by atoms with van der Waals surface area (Å²) >= 11 is 1.52. The maximum atomic E-state index is 13.6. The van der Waals surface area contributed by atoms with E-state index in [1.54, 1.807) is 9.58 Å². The highest BCUT2D eigenvalue weighted by molar-refractivity contribution is 7.22. The van der Waals surface area contributed by atoms with E-state index in [1.165, 1.54) is 11.3 Å². The van der Waals surface area contributed by atoms with Crippen molar-refractivity contribution < 1.29 is 9.53 Å². The Balaban J connectivity index is 2.01. The number of carbonyl (C=O) groups is 1. The van der Waals surface area contributed by atoms with E-state index in [4.69, 9.17) is 9.72 Å². The van der Waals surface area contributed by atoms with Crippen LogP contribution in [-0.2, 0) is 6.54 Å². The molecule has 1 aromatic carbocycles. The first kappa shape index (κ1) is 22.2. The lowest BCUT2D eigenvalue weighted by atomic mass is 10.3. The zero-order valence-electron chi connectivity index (χ0n) is 18.5. The summed E-state index contributed by atoms with van der Waals surface area (Å²) < 4.78 is 8.52. The van der Waals surface area contributed by atoms with Gasteiger partial charge in [0.15, 0.2) is 5.13 Å². The van der Waals surface area contributed by atoms with Gasteiger partial charge in [-0.1, -0.05) is 31.3 Å². The zero-order chi connectivity index (χ0) is 21.7. The van der Waals surface area contributed by atoms with Gasteiger partial charge < -0.3 is 9.64 Å². The quantitative estimate of drug-likeness (QED) is 0.483. The maximum absolute atomic E-state index is 13.6. The van der Waals surface area contributed by atoms with Crippen LogP contribution in [-0.4, -0.2) is 58.4 Å². The lowest BCUT2D eigenvalue weighted by Crippen LogP contribution is -2.39. The van der Waals surface area contributed by atoms with Gasteiger partial charge in [-0.3, -0.25) is 14.4 Å². The number of likely N-dealkylation sites (N-methyl/N-ethyl adjacent to an activating group) is 1. The Labute approximate surface area is 182 Å². The molecule has 3 rings (SSSR count). The van der Waals surface area contributed by atoms with Crippen molar-refractivity contribution in [1.29, 1.82) is 0 Å². The molecule has 30 heavy (non-hydrogen) atoms. The van der Waals surface area contributed by atoms with Gasteiger partial charge in [-0.15, -0.1) is 0 Å². The van der Waals surface area contributed by atoms with Crippen molar-refractivity contribution in [2.75, 3.05) is 37.7 Å². The topological polar surface area (TPSA) is 63.5 Å². The van der Waals surface area contributed by atoms with E-state index < -0.39 is 0 Å². The van der Waals surface area contributed by atoms with Gasteiger partial charge >= 0.3 is 0 Å². The minimum atomic E-state index is -0.0679. The summed E-state index contributed by atoms with van der Waals surface area (Å²) in [5, 5.41) is 5.15. The molecule has 0 spiro atoms. The Hall–Kier alpha value is -2.45. The normalized spacial score (nSPS) is 11.4. The number of ether oxygens (including phenoxy) is 1. The number of amides is 1. The van der Waals surface area contributed by atoms with Crippen LogP contribution in [0.5, 0.6) is 5.75 Å². The van der Waals surface area contributed by atoms with Crippen molar-refractivity contribution in [1.82, 2.24) is 19.7 Å². The van der Waals surface area contributed by atoms with Crippen LogP contribution < -0.4 is 9.64 Å². The van der Waals surface area contributed by atoms with Crippen LogP contribution in [0.3, 0.4) is 0 Å². The number of rotatable bonds is 10. The number of hydrogen-bond donors (Lipinski definition) is 0. The third-order valence-electron chi connectivity index (χ3n) is 5.10. The molecule has 1 amide bonds. The van der Waals surface area contributed by atoms with E-state index in [-0.39, 0.29) is 5.91 Å². The molecule has 0 aliphatic rings. The molecule has 2 heterocycles. The molecule has 0 bridgehead atoms. The highest BCUT2D eigenvalue weighted by Gasteiger charge is 2.25. The molecule has 8 heteroatoms. The van der Waals surface area contributed by atoms with Crippen LogP contribution in [0.25, 0.3) is 10.2 Å².